The molecule has 1 aromatic heterocycles. The van der Waals surface area contributed by atoms with Crippen LogP contribution in [0.5, 0.6) is 0 Å². The summed E-state index contributed by atoms with van der Waals surface area (Å²) in [4.78, 5) is 26.7. The number of nitrogens with two attached hydrogens (primary N) is 1. The summed E-state index contributed by atoms with van der Waals surface area (Å²) in [6.07, 6.45) is 8.90. The second kappa shape index (κ2) is 12.3. The fourth-order valence-corrected chi connectivity index (χ4v) is 4.92. The van der Waals surface area contributed by atoms with Crippen molar-refractivity contribution in [2.75, 3.05) is 11.1 Å². The van der Waals surface area contributed by atoms with E-state index in [2.05, 4.69) is 22.0 Å². The van der Waals surface area contributed by atoms with Gasteiger partial charge in [0.05, 0.1) is 11.4 Å². The number of carbonyl (C=O) groups is 2. The van der Waals surface area contributed by atoms with Crippen LogP contribution in [0.3, 0.4) is 0 Å². The molecule has 1 atom stereocenters. The zero-order valence-electron chi connectivity index (χ0n) is 19.7. The van der Waals surface area contributed by atoms with Crippen LogP contribution in [-0.2, 0) is 16.1 Å². The summed E-state index contributed by atoms with van der Waals surface area (Å²) in [6, 6.07) is 18.8. The molecule has 3 aromatic rings. The lowest BCUT2D eigenvalue weighted by Crippen LogP contribution is -2.43. The third kappa shape index (κ3) is 7.28. The Balaban J connectivity index is 1.41. The van der Waals surface area contributed by atoms with E-state index in [1.165, 1.54) is 30.2 Å². The molecule has 0 saturated heterocycles. The van der Waals surface area contributed by atoms with Crippen molar-refractivity contribution in [3.05, 3.63) is 88.1 Å². The van der Waals surface area contributed by atoms with Gasteiger partial charge in [-0.25, -0.2) is 0 Å². The predicted octanol–water partition coefficient (Wildman–Crippen LogP) is 5.26. The largest absolute Gasteiger partial charge is 0.397 e. The average Bonchev–Trinajstić information content (AvgIpc) is 3.39. The third-order valence-corrected chi connectivity index (χ3v) is 7.07. The van der Waals surface area contributed by atoms with Crippen LogP contribution < -0.4 is 21.7 Å². The Morgan fingerprint density at radius 3 is 2.49 bits per heavy atom. The average molecular weight is 489 g/mol. The summed E-state index contributed by atoms with van der Waals surface area (Å²) in [5.74, 6) is -0.245. The first-order valence-corrected chi connectivity index (χ1v) is 13.0. The summed E-state index contributed by atoms with van der Waals surface area (Å²) in [5, 5.41) is 11.5. The summed E-state index contributed by atoms with van der Waals surface area (Å²) in [6.45, 7) is 0.630. The number of carbonyl (C=O) groups excluding carboxylic acids is 2. The van der Waals surface area contributed by atoms with Crippen molar-refractivity contribution in [1.82, 2.24) is 10.6 Å². The van der Waals surface area contributed by atoms with Crippen molar-refractivity contribution < 1.29 is 9.59 Å². The van der Waals surface area contributed by atoms with Gasteiger partial charge in [-0.1, -0.05) is 61.7 Å². The number of nitrogens with one attached hydrogen (secondary N) is 3. The Hall–Kier alpha value is -3.42. The molecule has 5 N–H and O–H groups in total. The number of nitrogen functional groups attached to an aromatic ring is 1. The van der Waals surface area contributed by atoms with Crippen molar-refractivity contribution in [3.63, 3.8) is 0 Å². The molecule has 2 amide bonds. The zero-order chi connectivity index (χ0) is 24.5. The van der Waals surface area contributed by atoms with Crippen LogP contribution in [0.15, 0.2) is 72.1 Å². The van der Waals surface area contributed by atoms with E-state index >= 15 is 0 Å². The summed E-state index contributed by atoms with van der Waals surface area (Å²) in [5.41, 5.74) is 8.75. The minimum atomic E-state index is -0.443. The second-order valence-corrected chi connectivity index (χ2v) is 9.85. The molecule has 1 fully saturated rings. The number of hydrogen-bond acceptors (Lipinski definition) is 5. The maximum absolute atomic E-state index is 13.2. The highest BCUT2D eigenvalue weighted by Gasteiger charge is 2.24. The highest BCUT2D eigenvalue weighted by atomic mass is 32.1. The van der Waals surface area contributed by atoms with Crippen LogP contribution in [0, 0.1) is 0 Å². The summed E-state index contributed by atoms with van der Waals surface area (Å²) >= 11 is 1.67. The highest BCUT2D eigenvalue weighted by Crippen LogP contribution is 2.21. The van der Waals surface area contributed by atoms with Crippen LogP contribution >= 0.6 is 11.3 Å². The van der Waals surface area contributed by atoms with Gasteiger partial charge in [0.25, 0.3) is 0 Å². The van der Waals surface area contributed by atoms with Gasteiger partial charge in [-0.2, -0.15) is 0 Å². The van der Waals surface area contributed by atoms with E-state index in [1.54, 1.807) is 29.5 Å². The predicted molar refractivity (Wildman–Crippen MR) is 144 cm³/mol. The van der Waals surface area contributed by atoms with Crippen molar-refractivity contribution >= 4 is 40.6 Å². The SMILES string of the molecule is Nc1ccccc1NC(=O)C=Cc1ccc(C(NCc2cccs2)C(=O)NC2CCCCC2)cc1. The summed E-state index contributed by atoms with van der Waals surface area (Å²) in [7, 11) is 0. The molecule has 1 aliphatic carbocycles. The maximum Gasteiger partial charge on any atom is 0.248 e. The van der Waals surface area contributed by atoms with Crippen LogP contribution in [0.2, 0.25) is 0 Å². The molecular weight excluding hydrogens is 456 g/mol. The molecule has 182 valence electrons. The molecule has 2 aromatic carbocycles. The monoisotopic (exact) mass is 488 g/mol. The lowest BCUT2D eigenvalue weighted by Gasteiger charge is -2.26. The van der Waals surface area contributed by atoms with Gasteiger partial charge in [0.2, 0.25) is 11.8 Å². The first-order chi connectivity index (χ1) is 17.1. The molecule has 6 nitrogen and oxygen atoms in total. The van der Waals surface area contributed by atoms with E-state index in [0.717, 1.165) is 24.0 Å². The maximum atomic E-state index is 13.2. The van der Waals surface area contributed by atoms with Crippen molar-refractivity contribution in [3.8, 4) is 0 Å². The van der Waals surface area contributed by atoms with Crippen molar-refractivity contribution in [2.24, 2.45) is 0 Å². The van der Waals surface area contributed by atoms with Gasteiger partial charge in [-0.15, -0.1) is 11.3 Å². The molecule has 0 radical (unpaired) electrons. The number of hydrogen-bond donors (Lipinski definition) is 4. The van der Waals surface area contributed by atoms with Gasteiger partial charge < -0.3 is 16.4 Å². The molecule has 7 heteroatoms. The second-order valence-electron chi connectivity index (χ2n) is 8.81. The fourth-order valence-electron chi connectivity index (χ4n) is 4.27. The van der Waals surface area contributed by atoms with Gasteiger partial charge in [-0.3, -0.25) is 14.9 Å². The van der Waals surface area contributed by atoms with E-state index in [4.69, 9.17) is 5.73 Å². The minimum absolute atomic E-state index is 0.0107. The number of benzene rings is 2. The number of rotatable bonds is 9. The minimum Gasteiger partial charge on any atom is -0.397 e. The smallest absolute Gasteiger partial charge is 0.248 e. The lowest BCUT2D eigenvalue weighted by molar-refractivity contribution is -0.124. The Kier molecular flexibility index (Phi) is 8.70. The Labute approximate surface area is 210 Å². The van der Waals surface area contributed by atoms with E-state index in [0.29, 0.717) is 17.9 Å². The van der Waals surface area contributed by atoms with Crippen molar-refractivity contribution in [2.45, 2.75) is 50.7 Å². The Bertz CT molecular complexity index is 1140. The molecule has 0 bridgehead atoms. The standard InChI is InChI=1S/C28H32N4O2S/c29-24-10-4-5-11-25(24)32-26(33)17-14-20-12-15-21(16-13-20)27(30-19-23-9-6-18-35-23)28(34)31-22-7-2-1-3-8-22/h4-6,9-18,22,27,30H,1-3,7-8,19,29H2,(H,31,34)(H,32,33). The molecule has 1 unspecified atom stereocenters. The van der Waals surface area contributed by atoms with E-state index in [-0.39, 0.29) is 17.9 Å². The Morgan fingerprint density at radius 2 is 1.77 bits per heavy atom. The van der Waals surface area contributed by atoms with Gasteiger partial charge in [0.1, 0.15) is 6.04 Å². The van der Waals surface area contributed by atoms with Gasteiger partial charge in [-0.05, 0) is 53.6 Å². The van der Waals surface area contributed by atoms with Gasteiger partial charge >= 0.3 is 0 Å². The molecule has 0 spiro atoms. The first kappa shape index (κ1) is 24.7. The first-order valence-electron chi connectivity index (χ1n) is 12.1. The molecule has 1 heterocycles. The molecule has 1 aliphatic rings. The number of para-hydroxylation sites is 2. The number of anilines is 2. The van der Waals surface area contributed by atoms with Gasteiger partial charge in [0.15, 0.2) is 0 Å². The van der Waals surface area contributed by atoms with Crippen LogP contribution in [0.4, 0.5) is 11.4 Å². The van der Waals surface area contributed by atoms with Crippen LogP contribution in [-0.4, -0.2) is 17.9 Å². The van der Waals surface area contributed by atoms with Gasteiger partial charge in [0, 0.05) is 23.5 Å². The molecule has 1 saturated carbocycles. The number of amides is 2. The van der Waals surface area contributed by atoms with Crippen LogP contribution in [0.1, 0.15) is 54.1 Å². The Morgan fingerprint density at radius 1 is 1.00 bits per heavy atom. The molecule has 35 heavy (non-hydrogen) atoms. The quantitative estimate of drug-likeness (QED) is 0.244. The normalized spacial score (nSPS) is 15.1. The fraction of sp³-hybridized carbons (Fsp3) is 0.286. The highest BCUT2D eigenvalue weighted by molar-refractivity contribution is 7.09. The zero-order valence-corrected chi connectivity index (χ0v) is 20.5. The topological polar surface area (TPSA) is 96.2 Å². The van der Waals surface area contributed by atoms with Crippen LogP contribution in [0.25, 0.3) is 6.08 Å². The molecular formula is C28H32N4O2S. The number of thiophene rings is 1. The molecule has 0 aliphatic heterocycles. The van der Waals surface area contributed by atoms with Crippen molar-refractivity contribution in [1.29, 1.82) is 0 Å². The van der Waals surface area contributed by atoms with E-state index in [9.17, 15) is 9.59 Å². The molecule has 4 rings (SSSR count). The van der Waals surface area contributed by atoms with E-state index in [1.807, 2.05) is 47.8 Å². The lowest BCUT2D eigenvalue weighted by atomic mass is 9.95. The summed E-state index contributed by atoms with van der Waals surface area (Å²) < 4.78 is 0. The third-order valence-electron chi connectivity index (χ3n) is 6.19. The van der Waals surface area contributed by atoms with E-state index < -0.39 is 6.04 Å².